The molecule has 0 aliphatic carbocycles. The molecular weight excluding hydrogens is 348 g/mol. The number of rotatable bonds is 5. The van der Waals surface area contributed by atoms with Crippen molar-refractivity contribution in [2.75, 3.05) is 6.54 Å². The number of fused-ring (bicyclic) bond motifs is 1. The molecule has 0 fully saturated rings. The van der Waals surface area contributed by atoms with E-state index < -0.39 is 5.41 Å². The summed E-state index contributed by atoms with van der Waals surface area (Å²) >= 11 is 0. The molecule has 136 valence electrons. The van der Waals surface area contributed by atoms with Gasteiger partial charge in [0.25, 0.3) is 11.8 Å². The zero-order chi connectivity index (χ0) is 19.6. The second-order valence-electron chi connectivity index (χ2n) is 6.81. The Balaban J connectivity index is 1.70. The Labute approximate surface area is 163 Å². The summed E-state index contributed by atoms with van der Waals surface area (Å²) in [5.41, 5.74) is 1.60. The number of hydrogen-bond acceptors (Lipinski definition) is 3. The van der Waals surface area contributed by atoms with Crippen molar-refractivity contribution in [2.24, 2.45) is 0 Å². The fourth-order valence-corrected chi connectivity index (χ4v) is 3.81. The molecule has 0 spiro atoms. The highest BCUT2D eigenvalue weighted by molar-refractivity contribution is 6.21. The summed E-state index contributed by atoms with van der Waals surface area (Å²) in [6.45, 7) is 0.170. The SMILES string of the molecule is N#CC(CCN1C(=O)c2ccccc2C1=O)(c1ccccc1)c1ccccc1. The van der Waals surface area contributed by atoms with Gasteiger partial charge in [0.05, 0.1) is 17.2 Å². The van der Waals surface area contributed by atoms with E-state index in [1.54, 1.807) is 24.3 Å². The molecule has 1 heterocycles. The van der Waals surface area contributed by atoms with Crippen molar-refractivity contribution in [1.29, 1.82) is 5.26 Å². The number of imide groups is 1. The number of carbonyl (C=O) groups is 2. The average molecular weight is 366 g/mol. The summed E-state index contributed by atoms with van der Waals surface area (Å²) in [4.78, 5) is 26.7. The van der Waals surface area contributed by atoms with Gasteiger partial charge >= 0.3 is 0 Å². The summed E-state index contributed by atoms with van der Waals surface area (Å²) < 4.78 is 0. The van der Waals surface area contributed by atoms with Gasteiger partial charge in [-0.25, -0.2) is 0 Å². The van der Waals surface area contributed by atoms with E-state index >= 15 is 0 Å². The molecule has 3 aromatic carbocycles. The van der Waals surface area contributed by atoms with Gasteiger partial charge in [0.15, 0.2) is 0 Å². The van der Waals surface area contributed by atoms with Gasteiger partial charge < -0.3 is 0 Å². The molecule has 4 rings (SSSR count). The molecule has 0 bridgehead atoms. The minimum atomic E-state index is -0.947. The number of nitriles is 1. The molecule has 4 heteroatoms. The number of nitrogens with zero attached hydrogens (tertiary/aromatic N) is 2. The van der Waals surface area contributed by atoms with Crippen LogP contribution in [0.4, 0.5) is 0 Å². The Bertz CT molecular complexity index is 994. The smallest absolute Gasteiger partial charge is 0.261 e. The first kappa shape index (κ1) is 17.7. The van der Waals surface area contributed by atoms with Crippen molar-refractivity contribution in [3.05, 3.63) is 107 Å². The van der Waals surface area contributed by atoms with E-state index in [0.29, 0.717) is 17.5 Å². The molecule has 0 N–H and O–H groups in total. The lowest BCUT2D eigenvalue weighted by Gasteiger charge is -2.29. The van der Waals surface area contributed by atoms with Crippen LogP contribution in [-0.4, -0.2) is 23.3 Å². The molecule has 0 radical (unpaired) electrons. The average Bonchev–Trinajstić information content (AvgIpc) is 3.01. The molecule has 28 heavy (non-hydrogen) atoms. The predicted molar refractivity (Wildman–Crippen MR) is 106 cm³/mol. The van der Waals surface area contributed by atoms with E-state index in [9.17, 15) is 14.9 Å². The zero-order valence-electron chi connectivity index (χ0n) is 15.2. The van der Waals surface area contributed by atoms with Gasteiger partial charge in [-0.2, -0.15) is 5.26 Å². The van der Waals surface area contributed by atoms with Crippen LogP contribution in [0.1, 0.15) is 38.3 Å². The maximum atomic E-state index is 12.7. The fourth-order valence-electron chi connectivity index (χ4n) is 3.81. The van der Waals surface area contributed by atoms with Crippen molar-refractivity contribution in [1.82, 2.24) is 4.90 Å². The Morgan fingerprint density at radius 3 is 1.57 bits per heavy atom. The third kappa shape index (κ3) is 2.78. The van der Waals surface area contributed by atoms with Crippen molar-refractivity contribution < 1.29 is 9.59 Å². The highest BCUT2D eigenvalue weighted by atomic mass is 16.2. The maximum absolute atomic E-state index is 12.7. The highest BCUT2D eigenvalue weighted by Crippen LogP contribution is 2.36. The summed E-state index contributed by atoms with van der Waals surface area (Å²) in [7, 11) is 0. The minimum Gasteiger partial charge on any atom is -0.274 e. The number of benzene rings is 3. The lowest BCUT2D eigenvalue weighted by Crippen LogP contribution is -2.36. The normalized spacial score (nSPS) is 13.3. The van der Waals surface area contributed by atoms with Crippen LogP contribution in [0.3, 0.4) is 0 Å². The molecule has 3 aromatic rings. The van der Waals surface area contributed by atoms with Gasteiger partial charge in [-0.3, -0.25) is 14.5 Å². The quantitative estimate of drug-likeness (QED) is 0.636. The third-order valence-electron chi connectivity index (χ3n) is 5.31. The Kier molecular flexibility index (Phi) is 4.50. The van der Waals surface area contributed by atoms with Crippen LogP contribution in [-0.2, 0) is 5.41 Å². The predicted octanol–water partition coefficient (Wildman–Crippen LogP) is 4.18. The second kappa shape index (κ2) is 7.13. The molecule has 1 aliphatic rings. The number of amides is 2. The van der Waals surface area contributed by atoms with Gasteiger partial charge in [0, 0.05) is 6.54 Å². The van der Waals surface area contributed by atoms with Crippen LogP contribution in [0.2, 0.25) is 0 Å². The van der Waals surface area contributed by atoms with E-state index in [4.69, 9.17) is 0 Å². The Hall–Kier alpha value is -3.71. The van der Waals surface area contributed by atoms with Crippen molar-refractivity contribution in [3.63, 3.8) is 0 Å². The summed E-state index contributed by atoms with van der Waals surface area (Å²) in [5, 5.41) is 10.2. The van der Waals surface area contributed by atoms with Crippen LogP contribution in [0, 0.1) is 11.3 Å². The molecule has 0 saturated carbocycles. The standard InChI is InChI=1S/C24H18N2O2/c25-17-24(18-9-3-1-4-10-18,19-11-5-2-6-12-19)15-16-26-22(27)20-13-7-8-14-21(20)23(26)28/h1-14H,15-16H2. The van der Waals surface area contributed by atoms with Crippen LogP contribution in [0.15, 0.2) is 84.9 Å². The maximum Gasteiger partial charge on any atom is 0.261 e. The lowest BCUT2D eigenvalue weighted by molar-refractivity contribution is 0.0648. The van der Waals surface area contributed by atoms with Crippen LogP contribution < -0.4 is 0 Å². The number of hydrogen-bond donors (Lipinski definition) is 0. The Morgan fingerprint density at radius 2 is 1.14 bits per heavy atom. The topological polar surface area (TPSA) is 61.2 Å². The first-order chi connectivity index (χ1) is 13.7. The van der Waals surface area contributed by atoms with Gasteiger partial charge in [0.2, 0.25) is 0 Å². The number of carbonyl (C=O) groups excluding carboxylic acids is 2. The van der Waals surface area contributed by atoms with Crippen molar-refractivity contribution in [3.8, 4) is 6.07 Å². The summed E-state index contributed by atoms with van der Waals surface area (Å²) in [5.74, 6) is -0.595. The molecule has 0 saturated heterocycles. The summed E-state index contributed by atoms with van der Waals surface area (Å²) in [6.07, 6.45) is 0.322. The van der Waals surface area contributed by atoms with E-state index in [1.807, 2.05) is 60.7 Å². The molecular formula is C24H18N2O2. The minimum absolute atomic E-state index is 0.170. The van der Waals surface area contributed by atoms with Gasteiger partial charge in [0.1, 0.15) is 5.41 Å². The molecule has 0 atom stereocenters. The first-order valence-electron chi connectivity index (χ1n) is 9.15. The zero-order valence-corrected chi connectivity index (χ0v) is 15.2. The van der Waals surface area contributed by atoms with Crippen LogP contribution in [0.5, 0.6) is 0 Å². The van der Waals surface area contributed by atoms with Gasteiger partial charge in [-0.1, -0.05) is 72.8 Å². The molecule has 1 aliphatic heterocycles. The fraction of sp³-hybridized carbons (Fsp3) is 0.125. The van der Waals surface area contributed by atoms with E-state index in [0.717, 1.165) is 11.1 Å². The molecule has 4 nitrogen and oxygen atoms in total. The van der Waals surface area contributed by atoms with E-state index in [2.05, 4.69) is 6.07 Å². The lowest BCUT2D eigenvalue weighted by atomic mass is 9.73. The van der Waals surface area contributed by atoms with E-state index in [1.165, 1.54) is 4.90 Å². The van der Waals surface area contributed by atoms with Crippen molar-refractivity contribution in [2.45, 2.75) is 11.8 Å². The molecule has 2 amide bonds. The van der Waals surface area contributed by atoms with Crippen LogP contribution in [0.25, 0.3) is 0 Å². The van der Waals surface area contributed by atoms with E-state index in [-0.39, 0.29) is 18.4 Å². The Morgan fingerprint density at radius 1 is 0.714 bits per heavy atom. The first-order valence-corrected chi connectivity index (χ1v) is 9.15. The second-order valence-corrected chi connectivity index (χ2v) is 6.81. The molecule has 0 unspecified atom stereocenters. The van der Waals surface area contributed by atoms with Crippen molar-refractivity contribution >= 4 is 11.8 Å². The molecule has 0 aromatic heterocycles. The summed E-state index contributed by atoms with van der Waals surface area (Å²) in [6, 6.07) is 28.4. The van der Waals surface area contributed by atoms with Gasteiger partial charge in [-0.05, 0) is 29.7 Å². The van der Waals surface area contributed by atoms with Gasteiger partial charge in [-0.15, -0.1) is 0 Å². The largest absolute Gasteiger partial charge is 0.274 e. The monoisotopic (exact) mass is 366 g/mol. The van der Waals surface area contributed by atoms with Crippen LogP contribution >= 0.6 is 0 Å². The highest BCUT2D eigenvalue weighted by Gasteiger charge is 2.39. The third-order valence-corrected chi connectivity index (χ3v) is 5.31.